The van der Waals surface area contributed by atoms with Crippen LogP contribution in [0, 0.1) is 0 Å². The van der Waals surface area contributed by atoms with Gasteiger partial charge in [-0.2, -0.15) is 0 Å². The Labute approximate surface area is 173 Å². The normalized spacial score (nSPS) is 12.3. The van der Waals surface area contributed by atoms with E-state index >= 15 is 0 Å². The zero-order valence-corrected chi connectivity index (χ0v) is 17.6. The molecule has 28 heavy (non-hydrogen) atoms. The molecule has 1 atom stereocenters. The van der Waals surface area contributed by atoms with Gasteiger partial charge in [0.25, 0.3) is 5.56 Å². The number of thioether (sulfide) groups is 1. The highest BCUT2D eigenvalue weighted by Crippen LogP contribution is 2.22. The van der Waals surface area contributed by atoms with Crippen LogP contribution in [0.5, 0.6) is 0 Å². The number of nitrogens with zero attached hydrogens (tertiary/aromatic N) is 2. The largest absolute Gasteiger partial charge is 0.349 e. The highest BCUT2D eigenvalue weighted by molar-refractivity contribution is 7.99. The van der Waals surface area contributed by atoms with E-state index in [9.17, 15) is 9.59 Å². The fourth-order valence-corrected chi connectivity index (χ4v) is 4.09. The number of carbonyl (C=O) groups is 1. The molecule has 0 bridgehead atoms. The molecule has 1 amide bonds. The maximum atomic E-state index is 12.8. The average Bonchev–Trinajstić information content (AvgIpc) is 2.66. The minimum atomic E-state index is -0.163. The van der Waals surface area contributed by atoms with Crippen LogP contribution in [0.1, 0.15) is 38.4 Å². The number of hydrogen-bond acceptors (Lipinski definition) is 4. The summed E-state index contributed by atoms with van der Waals surface area (Å²) in [6.45, 7) is 5.78. The lowest BCUT2D eigenvalue weighted by molar-refractivity contribution is -0.119. The minimum Gasteiger partial charge on any atom is -0.349 e. The van der Waals surface area contributed by atoms with Gasteiger partial charge in [-0.15, -0.1) is 0 Å². The molecule has 0 unspecified atom stereocenters. The second-order valence-electron chi connectivity index (χ2n) is 6.81. The third-order valence-corrected chi connectivity index (χ3v) is 5.54. The number of hydrogen-bond donors (Lipinski definition) is 1. The molecule has 0 saturated carbocycles. The Bertz CT molecular complexity index is 1060. The van der Waals surface area contributed by atoms with Crippen LogP contribution in [-0.2, 0) is 4.79 Å². The van der Waals surface area contributed by atoms with Gasteiger partial charge in [0.15, 0.2) is 5.16 Å². The second kappa shape index (κ2) is 8.80. The van der Waals surface area contributed by atoms with Crippen LogP contribution in [0.4, 0.5) is 0 Å². The van der Waals surface area contributed by atoms with Gasteiger partial charge in [0, 0.05) is 11.1 Å². The Hall–Kier alpha value is -2.31. The first-order chi connectivity index (χ1) is 13.4. The second-order valence-corrected chi connectivity index (χ2v) is 8.19. The van der Waals surface area contributed by atoms with Crippen molar-refractivity contribution in [1.29, 1.82) is 0 Å². The van der Waals surface area contributed by atoms with Crippen LogP contribution in [0.3, 0.4) is 0 Å². The van der Waals surface area contributed by atoms with Gasteiger partial charge in [0.05, 0.1) is 22.7 Å². The molecule has 2 aromatic carbocycles. The van der Waals surface area contributed by atoms with Crippen LogP contribution >= 0.6 is 23.4 Å². The van der Waals surface area contributed by atoms with Gasteiger partial charge in [0.2, 0.25) is 5.91 Å². The fourth-order valence-electron chi connectivity index (χ4n) is 2.96. The number of fused-ring (bicyclic) bond motifs is 1. The van der Waals surface area contributed by atoms with Crippen molar-refractivity contribution in [2.45, 2.75) is 38.0 Å². The molecule has 0 aliphatic rings. The summed E-state index contributed by atoms with van der Waals surface area (Å²) in [5.41, 5.74) is 1.49. The summed E-state index contributed by atoms with van der Waals surface area (Å²) in [6.07, 6.45) is 0. The van der Waals surface area contributed by atoms with Gasteiger partial charge in [-0.1, -0.05) is 47.6 Å². The predicted octanol–water partition coefficient (Wildman–Crippen LogP) is 4.60. The predicted molar refractivity (Wildman–Crippen MR) is 115 cm³/mol. The first-order valence-corrected chi connectivity index (χ1v) is 10.4. The zero-order chi connectivity index (χ0) is 20.3. The van der Waals surface area contributed by atoms with Crippen LogP contribution in [0.25, 0.3) is 10.9 Å². The highest BCUT2D eigenvalue weighted by Gasteiger charge is 2.16. The summed E-state index contributed by atoms with van der Waals surface area (Å²) in [5, 5.41) is 4.72. The van der Waals surface area contributed by atoms with Crippen molar-refractivity contribution in [2.24, 2.45) is 0 Å². The van der Waals surface area contributed by atoms with Crippen molar-refractivity contribution < 1.29 is 4.79 Å². The fraction of sp³-hybridized carbons (Fsp3) is 0.286. The van der Waals surface area contributed by atoms with E-state index in [1.54, 1.807) is 16.7 Å². The Morgan fingerprint density at radius 1 is 1.18 bits per heavy atom. The van der Waals surface area contributed by atoms with E-state index in [1.165, 1.54) is 11.8 Å². The van der Waals surface area contributed by atoms with E-state index in [0.717, 1.165) is 5.56 Å². The van der Waals surface area contributed by atoms with Crippen molar-refractivity contribution in [3.63, 3.8) is 0 Å². The van der Waals surface area contributed by atoms with Crippen molar-refractivity contribution >= 4 is 40.2 Å². The van der Waals surface area contributed by atoms with Crippen LogP contribution in [0.15, 0.2) is 58.5 Å². The topological polar surface area (TPSA) is 64.0 Å². The number of rotatable bonds is 6. The lowest BCUT2D eigenvalue weighted by Gasteiger charge is -2.17. The maximum Gasteiger partial charge on any atom is 0.262 e. The van der Waals surface area contributed by atoms with Crippen molar-refractivity contribution in [1.82, 2.24) is 14.9 Å². The first kappa shape index (κ1) is 20.4. The molecule has 1 N–H and O–H groups in total. The van der Waals surface area contributed by atoms with Gasteiger partial charge in [-0.05, 0) is 50.6 Å². The van der Waals surface area contributed by atoms with Gasteiger partial charge in [-0.25, -0.2) is 4.98 Å². The number of carbonyl (C=O) groups excluding carboxylic acids is 1. The molecule has 7 heteroatoms. The zero-order valence-electron chi connectivity index (χ0n) is 16.0. The molecule has 0 fully saturated rings. The SMILES string of the molecule is CC(C)n1c(SCC(=O)N[C@@H](C)c2cccc(Cl)c2)nc2ccccc2c1=O. The summed E-state index contributed by atoms with van der Waals surface area (Å²) in [5.74, 6) is 0.0396. The van der Waals surface area contributed by atoms with E-state index in [0.29, 0.717) is 21.1 Å². The van der Waals surface area contributed by atoms with E-state index in [1.807, 2.05) is 57.2 Å². The molecule has 5 nitrogen and oxygen atoms in total. The van der Waals surface area contributed by atoms with Crippen LogP contribution < -0.4 is 10.9 Å². The molecule has 1 aromatic heterocycles. The van der Waals surface area contributed by atoms with Gasteiger partial charge in [-0.3, -0.25) is 14.2 Å². The van der Waals surface area contributed by atoms with Crippen LogP contribution in [0.2, 0.25) is 5.02 Å². The van der Waals surface area contributed by atoms with Gasteiger partial charge >= 0.3 is 0 Å². The Kier molecular flexibility index (Phi) is 6.42. The lowest BCUT2D eigenvalue weighted by atomic mass is 10.1. The van der Waals surface area contributed by atoms with Gasteiger partial charge in [0.1, 0.15) is 0 Å². The summed E-state index contributed by atoms with van der Waals surface area (Å²) in [6, 6.07) is 14.5. The maximum absolute atomic E-state index is 12.8. The molecule has 0 aliphatic carbocycles. The average molecular weight is 416 g/mol. The van der Waals surface area contributed by atoms with E-state index in [4.69, 9.17) is 11.6 Å². The Balaban J connectivity index is 1.76. The van der Waals surface area contributed by atoms with E-state index < -0.39 is 0 Å². The van der Waals surface area contributed by atoms with E-state index in [-0.39, 0.29) is 29.3 Å². The summed E-state index contributed by atoms with van der Waals surface area (Å²) >= 11 is 7.29. The molecule has 0 spiro atoms. The minimum absolute atomic E-state index is 0.0550. The Morgan fingerprint density at radius 2 is 1.93 bits per heavy atom. The van der Waals surface area contributed by atoms with Crippen molar-refractivity contribution in [2.75, 3.05) is 5.75 Å². The quantitative estimate of drug-likeness (QED) is 0.472. The number of halogens is 1. The lowest BCUT2D eigenvalue weighted by Crippen LogP contribution is -2.29. The number of para-hydroxylation sites is 1. The third kappa shape index (κ3) is 4.56. The molecule has 146 valence electrons. The van der Waals surface area contributed by atoms with Crippen molar-refractivity contribution in [3.05, 3.63) is 69.5 Å². The highest BCUT2D eigenvalue weighted by atomic mass is 35.5. The Morgan fingerprint density at radius 3 is 2.64 bits per heavy atom. The number of nitrogens with one attached hydrogen (secondary N) is 1. The monoisotopic (exact) mass is 415 g/mol. The number of benzene rings is 2. The molecular formula is C21H22ClN3O2S. The van der Waals surface area contributed by atoms with Gasteiger partial charge < -0.3 is 5.32 Å². The third-order valence-electron chi connectivity index (χ3n) is 4.35. The summed E-state index contributed by atoms with van der Waals surface area (Å²) in [7, 11) is 0. The molecule has 0 radical (unpaired) electrons. The molecule has 3 rings (SSSR count). The number of aromatic nitrogens is 2. The summed E-state index contributed by atoms with van der Waals surface area (Å²) < 4.78 is 1.64. The molecular weight excluding hydrogens is 394 g/mol. The molecule has 0 aliphatic heterocycles. The first-order valence-electron chi connectivity index (χ1n) is 9.05. The van der Waals surface area contributed by atoms with E-state index in [2.05, 4.69) is 10.3 Å². The van der Waals surface area contributed by atoms with Crippen molar-refractivity contribution in [3.8, 4) is 0 Å². The molecule has 3 aromatic rings. The van der Waals surface area contributed by atoms with Crippen LogP contribution in [-0.4, -0.2) is 21.2 Å². The number of amides is 1. The smallest absolute Gasteiger partial charge is 0.262 e. The summed E-state index contributed by atoms with van der Waals surface area (Å²) in [4.78, 5) is 29.9. The molecule has 1 heterocycles. The molecule has 0 saturated heterocycles. The standard InChI is InChI=1S/C21H22ClN3O2S/c1-13(2)25-20(27)17-9-4-5-10-18(17)24-21(25)28-12-19(26)23-14(3)15-7-6-8-16(22)11-15/h4-11,13-14H,12H2,1-3H3,(H,23,26)/t14-/m0/s1.